The van der Waals surface area contributed by atoms with Crippen molar-refractivity contribution >= 4 is 17.5 Å². The molecule has 0 aliphatic heterocycles. The first kappa shape index (κ1) is 21.1. The topological polar surface area (TPSA) is 76.7 Å². The highest BCUT2D eigenvalue weighted by molar-refractivity contribution is 6.09. The van der Waals surface area contributed by atoms with Crippen molar-refractivity contribution in [3.05, 3.63) is 53.6 Å². The number of anilines is 1. The van der Waals surface area contributed by atoms with Gasteiger partial charge in [-0.25, -0.2) is 0 Å². The molecule has 6 nitrogen and oxygen atoms in total. The van der Waals surface area contributed by atoms with Crippen LogP contribution in [0.5, 0.6) is 11.5 Å². The van der Waals surface area contributed by atoms with Crippen LogP contribution in [0.3, 0.4) is 0 Å². The minimum Gasteiger partial charge on any atom is -0.493 e. The molecule has 2 aromatic rings. The molecule has 0 atom stereocenters. The van der Waals surface area contributed by atoms with E-state index in [1.54, 1.807) is 24.3 Å². The Morgan fingerprint density at radius 1 is 1.00 bits per heavy atom. The second-order valence-corrected chi connectivity index (χ2v) is 6.95. The second-order valence-electron chi connectivity index (χ2n) is 6.95. The van der Waals surface area contributed by atoms with E-state index < -0.39 is 18.1 Å². The van der Waals surface area contributed by atoms with Gasteiger partial charge in [0.25, 0.3) is 11.8 Å². The molecule has 150 valence electrons. The van der Waals surface area contributed by atoms with E-state index in [0.717, 1.165) is 6.07 Å². The first-order valence-corrected chi connectivity index (χ1v) is 8.46. The van der Waals surface area contributed by atoms with Gasteiger partial charge in [0.15, 0.2) is 11.5 Å². The van der Waals surface area contributed by atoms with Gasteiger partial charge in [-0.05, 0) is 51.1 Å². The molecule has 0 saturated carbocycles. The van der Waals surface area contributed by atoms with E-state index in [9.17, 15) is 18.4 Å². The van der Waals surface area contributed by atoms with Crippen LogP contribution in [0.15, 0.2) is 42.5 Å². The van der Waals surface area contributed by atoms with Crippen LogP contribution in [0.25, 0.3) is 0 Å². The van der Waals surface area contributed by atoms with Gasteiger partial charge in [-0.2, -0.15) is 8.78 Å². The Balaban J connectivity index is 2.27. The summed E-state index contributed by atoms with van der Waals surface area (Å²) in [5.41, 5.74) is 0.193. The Hall–Kier alpha value is -3.16. The average Bonchev–Trinajstić information content (AvgIpc) is 2.60. The molecule has 2 rings (SSSR count). The predicted octanol–water partition coefficient (Wildman–Crippen LogP) is 4.08. The van der Waals surface area contributed by atoms with E-state index in [1.165, 1.54) is 19.2 Å². The fraction of sp³-hybridized carbons (Fsp3) is 0.300. The molecule has 0 aliphatic carbocycles. The first-order chi connectivity index (χ1) is 13.1. The van der Waals surface area contributed by atoms with Gasteiger partial charge in [0.05, 0.1) is 18.4 Å². The summed E-state index contributed by atoms with van der Waals surface area (Å²) in [5.74, 6) is -1.12. The number of para-hydroxylation sites is 1. The van der Waals surface area contributed by atoms with Crippen molar-refractivity contribution in [1.29, 1.82) is 0 Å². The van der Waals surface area contributed by atoms with Gasteiger partial charge >= 0.3 is 6.61 Å². The standard InChI is InChI=1S/C20H22F2N2O4/c1-20(2,3)24-18(26)13-7-5-6-8-14(13)23-17(25)12-9-10-15(27-4)16(11-12)28-19(21)22/h5-11,19H,1-4H3,(H,23,25)(H,24,26). The SMILES string of the molecule is COc1ccc(C(=O)Nc2ccccc2C(=O)NC(C)(C)C)cc1OC(F)F. The van der Waals surface area contributed by atoms with Gasteiger partial charge in [-0.1, -0.05) is 12.1 Å². The van der Waals surface area contributed by atoms with Gasteiger partial charge in [-0.15, -0.1) is 0 Å². The molecule has 2 aromatic carbocycles. The number of nitrogens with one attached hydrogen (secondary N) is 2. The van der Waals surface area contributed by atoms with Crippen LogP contribution >= 0.6 is 0 Å². The van der Waals surface area contributed by atoms with Crippen molar-refractivity contribution in [3.8, 4) is 11.5 Å². The summed E-state index contributed by atoms with van der Waals surface area (Å²) in [6, 6.07) is 10.4. The summed E-state index contributed by atoms with van der Waals surface area (Å²) in [6.45, 7) is 2.46. The van der Waals surface area contributed by atoms with Crippen LogP contribution in [-0.4, -0.2) is 31.1 Å². The third-order valence-corrected chi connectivity index (χ3v) is 3.55. The van der Waals surface area contributed by atoms with Gasteiger partial charge in [0, 0.05) is 11.1 Å². The number of alkyl halides is 2. The summed E-state index contributed by atoms with van der Waals surface area (Å²) < 4.78 is 34.5. The number of amides is 2. The van der Waals surface area contributed by atoms with Gasteiger partial charge in [-0.3, -0.25) is 9.59 Å². The van der Waals surface area contributed by atoms with Crippen molar-refractivity contribution in [1.82, 2.24) is 5.32 Å². The maximum atomic E-state index is 12.6. The van der Waals surface area contributed by atoms with E-state index in [1.807, 2.05) is 20.8 Å². The molecular formula is C20H22F2N2O4. The van der Waals surface area contributed by atoms with Gasteiger partial charge < -0.3 is 20.1 Å². The van der Waals surface area contributed by atoms with E-state index >= 15 is 0 Å². The molecule has 28 heavy (non-hydrogen) atoms. The number of ether oxygens (including phenoxy) is 2. The van der Waals surface area contributed by atoms with Crippen molar-refractivity contribution in [2.45, 2.75) is 32.9 Å². The van der Waals surface area contributed by atoms with Crippen LogP contribution in [0.4, 0.5) is 14.5 Å². The van der Waals surface area contributed by atoms with Crippen LogP contribution in [0, 0.1) is 0 Å². The Morgan fingerprint density at radius 2 is 1.68 bits per heavy atom. The molecule has 0 unspecified atom stereocenters. The lowest BCUT2D eigenvalue weighted by molar-refractivity contribution is -0.0512. The normalized spacial score (nSPS) is 11.1. The number of rotatable bonds is 6. The molecule has 0 heterocycles. The van der Waals surface area contributed by atoms with Crippen molar-refractivity contribution in [3.63, 3.8) is 0 Å². The molecule has 0 saturated heterocycles. The van der Waals surface area contributed by atoms with E-state index in [2.05, 4.69) is 15.4 Å². The molecule has 8 heteroatoms. The third-order valence-electron chi connectivity index (χ3n) is 3.55. The highest BCUT2D eigenvalue weighted by Crippen LogP contribution is 2.30. The Bertz CT molecular complexity index is 864. The molecule has 0 radical (unpaired) electrons. The molecule has 0 aromatic heterocycles. The Labute approximate surface area is 161 Å². The van der Waals surface area contributed by atoms with Crippen LogP contribution in [0.1, 0.15) is 41.5 Å². The van der Waals surface area contributed by atoms with Gasteiger partial charge in [0.2, 0.25) is 0 Å². The smallest absolute Gasteiger partial charge is 0.387 e. The van der Waals surface area contributed by atoms with E-state index in [4.69, 9.17) is 4.74 Å². The third kappa shape index (κ3) is 5.67. The van der Waals surface area contributed by atoms with Crippen molar-refractivity contribution in [2.24, 2.45) is 0 Å². The number of carbonyl (C=O) groups excluding carboxylic acids is 2. The fourth-order valence-electron chi connectivity index (χ4n) is 2.40. The summed E-state index contributed by atoms with van der Waals surface area (Å²) >= 11 is 0. The molecule has 0 fully saturated rings. The quantitative estimate of drug-likeness (QED) is 0.777. The zero-order chi connectivity index (χ0) is 20.9. The highest BCUT2D eigenvalue weighted by atomic mass is 19.3. The fourth-order valence-corrected chi connectivity index (χ4v) is 2.40. The summed E-state index contributed by atoms with van der Waals surface area (Å²) in [6.07, 6.45) is 0. The molecular weight excluding hydrogens is 370 g/mol. The molecule has 0 aliphatic rings. The molecule has 2 N–H and O–H groups in total. The number of benzene rings is 2. The van der Waals surface area contributed by atoms with Gasteiger partial charge in [0.1, 0.15) is 0 Å². The summed E-state index contributed by atoms with van der Waals surface area (Å²) in [7, 11) is 1.30. The Kier molecular flexibility index (Phi) is 6.56. The highest BCUT2D eigenvalue weighted by Gasteiger charge is 2.20. The van der Waals surface area contributed by atoms with Crippen molar-refractivity contribution < 1.29 is 27.8 Å². The molecule has 0 bridgehead atoms. The number of hydrogen-bond acceptors (Lipinski definition) is 4. The number of halogens is 2. The molecule has 0 spiro atoms. The maximum Gasteiger partial charge on any atom is 0.387 e. The van der Waals surface area contributed by atoms with E-state index in [-0.39, 0.29) is 28.5 Å². The van der Waals surface area contributed by atoms with Crippen LogP contribution in [0.2, 0.25) is 0 Å². The number of hydrogen-bond donors (Lipinski definition) is 2. The first-order valence-electron chi connectivity index (χ1n) is 8.46. The zero-order valence-electron chi connectivity index (χ0n) is 16.0. The van der Waals surface area contributed by atoms with E-state index in [0.29, 0.717) is 5.69 Å². The average molecular weight is 392 g/mol. The predicted molar refractivity (Wildman–Crippen MR) is 101 cm³/mol. The number of methoxy groups -OCH3 is 1. The lowest BCUT2D eigenvalue weighted by atomic mass is 10.1. The largest absolute Gasteiger partial charge is 0.493 e. The monoisotopic (exact) mass is 392 g/mol. The van der Waals surface area contributed by atoms with Crippen LogP contribution in [-0.2, 0) is 0 Å². The maximum absolute atomic E-state index is 12.6. The summed E-state index contributed by atoms with van der Waals surface area (Å²) in [4.78, 5) is 25.1. The second kappa shape index (κ2) is 8.69. The lowest BCUT2D eigenvalue weighted by Crippen LogP contribution is -2.40. The Morgan fingerprint density at radius 3 is 2.29 bits per heavy atom. The van der Waals surface area contributed by atoms with Crippen molar-refractivity contribution in [2.75, 3.05) is 12.4 Å². The van der Waals surface area contributed by atoms with Crippen LogP contribution < -0.4 is 20.1 Å². The lowest BCUT2D eigenvalue weighted by Gasteiger charge is -2.21. The summed E-state index contributed by atoms with van der Waals surface area (Å²) in [5, 5.41) is 5.45. The zero-order valence-corrected chi connectivity index (χ0v) is 16.0. The minimum atomic E-state index is -3.06. The molecule has 2 amide bonds. The minimum absolute atomic E-state index is 0.0711. The number of carbonyl (C=O) groups is 2.